The summed E-state index contributed by atoms with van der Waals surface area (Å²) in [7, 11) is 0. The molecule has 0 unspecified atom stereocenters. The summed E-state index contributed by atoms with van der Waals surface area (Å²) >= 11 is 1.24. The molecule has 1 rings (SSSR count). The van der Waals surface area contributed by atoms with Gasteiger partial charge in [0.25, 0.3) is 0 Å². The molecule has 0 aliphatic carbocycles. The smallest absolute Gasteiger partial charge is 0.408 e. The topological polar surface area (TPSA) is 68.3 Å². The Balaban J connectivity index is 2.40. The molecule has 0 aliphatic rings. The highest BCUT2D eigenvalue weighted by molar-refractivity contribution is 7.13. The number of carbonyl (C=O) groups excluding carboxylic acids is 2. The Bertz CT molecular complexity index is 382. The van der Waals surface area contributed by atoms with Crippen LogP contribution in [0.15, 0.2) is 6.20 Å². The first-order chi connectivity index (χ1) is 7.40. The molecule has 0 saturated heterocycles. The van der Waals surface area contributed by atoms with E-state index in [0.29, 0.717) is 9.88 Å². The van der Waals surface area contributed by atoms with Crippen molar-refractivity contribution in [3.63, 3.8) is 0 Å². The van der Waals surface area contributed by atoms with Gasteiger partial charge in [0.15, 0.2) is 6.29 Å². The zero-order valence-corrected chi connectivity index (χ0v) is 10.3. The van der Waals surface area contributed by atoms with E-state index >= 15 is 0 Å². The van der Waals surface area contributed by atoms with Crippen LogP contribution in [0.3, 0.4) is 0 Å². The first-order valence-electron chi connectivity index (χ1n) is 4.77. The molecule has 1 aromatic rings. The highest BCUT2D eigenvalue weighted by atomic mass is 32.1. The lowest BCUT2D eigenvalue weighted by Gasteiger charge is -2.19. The second-order valence-corrected chi connectivity index (χ2v) is 5.28. The summed E-state index contributed by atoms with van der Waals surface area (Å²) in [6.07, 6.45) is 1.72. The molecule has 0 fully saturated rings. The standard InChI is InChI=1S/C10H14N2O3S/c1-10(2,3)15-9(14)12-5-8-11-4-7(6-13)16-8/h4,6H,5H2,1-3H3,(H,12,14). The SMILES string of the molecule is CC(C)(C)OC(=O)NCc1ncc(C=O)s1. The van der Waals surface area contributed by atoms with Gasteiger partial charge in [-0.1, -0.05) is 0 Å². The predicted octanol–water partition coefficient (Wildman–Crippen LogP) is 1.98. The fraction of sp³-hybridized carbons (Fsp3) is 0.500. The van der Waals surface area contributed by atoms with Crippen LogP contribution in [0.5, 0.6) is 0 Å². The fourth-order valence-corrected chi connectivity index (χ4v) is 1.60. The molecule has 16 heavy (non-hydrogen) atoms. The summed E-state index contributed by atoms with van der Waals surface area (Å²) in [6.45, 7) is 5.65. The summed E-state index contributed by atoms with van der Waals surface area (Å²) in [5, 5.41) is 3.24. The van der Waals surface area contributed by atoms with Gasteiger partial charge in [0.1, 0.15) is 10.6 Å². The lowest BCUT2D eigenvalue weighted by atomic mass is 10.2. The minimum atomic E-state index is -0.513. The third kappa shape index (κ3) is 4.39. The maximum Gasteiger partial charge on any atom is 0.408 e. The molecule has 1 aromatic heterocycles. The van der Waals surface area contributed by atoms with Crippen molar-refractivity contribution in [2.75, 3.05) is 0 Å². The van der Waals surface area contributed by atoms with Crippen LogP contribution in [0, 0.1) is 0 Å². The van der Waals surface area contributed by atoms with Crippen molar-refractivity contribution in [3.05, 3.63) is 16.1 Å². The molecule has 0 radical (unpaired) electrons. The normalized spacial score (nSPS) is 10.9. The van der Waals surface area contributed by atoms with Crippen molar-refractivity contribution in [3.8, 4) is 0 Å². The Morgan fingerprint density at radius 2 is 2.31 bits per heavy atom. The molecule has 1 heterocycles. The first kappa shape index (κ1) is 12.6. The first-order valence-corrected chi connectivity index (χ1v) is 5.59. The predicted molar refractivity (Wildman–Crippen MR) is 60.6 cm³/mol. The van der Waals surface area contributed by atoms with E-state index in [2.05, 4.69) is 10.3 Å². The van der Waals surface area contributed by atoms with Crippen LogP contribution in [0.25, 0.3) is 0 Å². The summed E-state index contributed by atoms with van der Waals surface area (Å²) < 4.78 is 5.05. The lowest BCUT2D eigenvalue weighted by Crippen LogP contribution is -2.32. The average Bonchev–Trinajstić information content (AvgIpc) is 2.59. The van der Waals surface area contributed by atoms with Crippen LogP contribution < -0.4 is 5.32 Å². The van der Waals surface area contributed by atoms with Crippen molar-refractivity contribution in [1.29, 1.82) is 0 Å². The van der Waals surface area contributed by atoms with Crippen molar-refractivity contribution >= 4 is 23.7 Å². The number of aromatic nitrogens is 1. The molecule has 0 atom stereocenters. The van der Waals surface area contributed by atoms with Crippen LogP contribution in [0.2, 0.25) is 0 Å². The van der Waals surface area contributed by atoms with Gasteiger partial charge in [0.2, 0.25) is 0 Å². The molecule has 1 amide bonds. The monoisotopic (exact) mass is 242 g/mol. The number of ether oxygens (including phenoxy) is 1. The second kappa shape index (κ2) is 5.07. The van der Waals surface area contributed by atoms with E-state index in [1.165, 1.54) is 17.5 Å². The number of hydrogen-bond acceptors (Lipinski definition) is 5. The van der Waals surface area contributed by atoms with E-state index in [1.54, 1.807) is 20.8 Å². The van der Waals surface area contributed by atoms with Gasteiger partial charge in [-0.2, -0.15) is 0 Å². The number of nitrogens with one attached hydrogen (secondary N) is 1. The van der Waals surface area contributed by atoms with Crippen LogP contribution in [-0.4, -0.2) is 23.0 Å². The van der Waals surface area contributed by atoms with Gasteiger partial charge < -0.3 is 10.1 Å². The molecule has 0 aromatic carbocycles. The Morgan fingerprint density at radius 1 is 1.62 bits per heavy atom. The summed E-state index contributed by atoms with van der Waals surface area (Å²) in [4.78, 5) is 26.2. The minimum Gasteiger partial charge on any atom is -0.444 e. The molecule has 0 bridgehead atoms. The van der Waals surface area contributed by atoms with Gasteiger partial charge in [-0.25, -0.2) is 9.78 Å². The van der Waals surface area contributed by atoms with E-state index in [-0.39, 0.29) is 6.54 Å². The van der Waals surface area contributed by atoms with E-state index in [1.807, 2.05) is 0 Å². The molecular formula is C10H14N2O3S. The maximum absolute atomic E-state index is 11.3. The van der Waals surface area contributed by atoms with Gasteiger partial charge in [-0.3, -0.25) is 4.79 Å². The van der Waals surface area contributed by atoms with Crippen LogP contribution in [0.4, 0.5) is 4.79 Å². The second-order valence-electron chi connectivity index (χ2n) is 4.13. The number of thiazole rings is 1. The Morgan fingerprint density at radius 3 is 2.81 bits per heavy atom. The number of rotatable bonds is 3. The maximum atomic E-state index is 11.3. The van der Waals surface area contributed by atoms with Crippen LogP contribution in [0.1, 0.15) is 35.5 Å². The van der Waals surface area contributed by atoms with Gasteiger partial charge in [-0.05, 0) is 20.8 Å². The minimum absolute atomic E-state index is 0.271. The molecule has 5 nitrogen and oxygen atoms in total. The third-order valence-corrected chi connectivity index (χ3v) is 2.39. The highest BCUT2D eigenvalue weighted by Crippen LogP contribution is 2.11. The van der Waals surface area contributed by atoms with Gasteiger partial charge >= 0.3 is 6.09 Å². The number of hydrogen-bond donors (Lipinski definition) is 1. The number of nitrogens with zero attached hydrogens (tertiary/aromatic N) is 1. The Hall–Kier alpha value is -1.43. The van der Waals surface area contributed by atoms with E-state index in [0.717, 1.165) is 6.29 Å². The van der Waals surface area contributed by atoms with Gasteiger partial charge in [-0.15, -0.1) is 11.3 Å². The Kier molecular flexibility index (Phi) is 4.00. The van der Waals surface area contributed by atoms with Crippen molar-refractivity contribution in [2.24, 2.45) is 0 Å². The number of carbonyl (C=O) groups is 2. The largest absolute Gasteiger partial charge is 0.444 e. The van der Waals surface area contributed by atoms with Gasteiger partial charge in [0.05, 0.1) is 11.4 Å². The Labute approximate surface area is 97.8 Å². The summed E-state index contributed by atoms with van der Waals surface area (Å²) in [5.41, 5.74) is -0.513. The van der Waals surface area contributed by atoms with Crippen molar-refractivity contribution in [2.45, 2.75) is 32.9 Å². The zero-order chi connectivity index (χ0) is 12.2. The van der Waals surface area contributed by atoms with Crippen molar-refractivity contribution in [1.82, 2.24) is 10.3 Å². The summed E-state index contributed by atoms with van der Waals surface area (Å²) in [6, 6.07) is 0. The number of aldehydes is 1. The molecule has 6 heteroatoms. The van der Waals surface area contributed by atoms with E-state index < -0.39 is 11.7 Å². The number of alkyl carbamates (subject to hydrolysis) is 1. The molecule has 88 valence electrons. The molecule has 0 saturated carbocycles. The fourth-order valence-electron chi connectivity index (χ4n) is 0.923. The van der Waals surface area contributed by atoms with E-state index in [9.17, 15) is 9.59 Å². The lowest BCUT2D eigenvalue weighted by molar-refractivity contribution is 0.0523. The third-order valence-electron chi connectivity index (χ3n) is 1.47. The van der Waals surface area contributed by atoms with Crippen molar-refractivity contribution < 1.29 is 14.3 Å². The molecule has 0 aliphatic heterocycles. The highest BCUT2D eigenvalue weighted by Gasteiger charge is 2.15. The average molecular weight is 242 g/mol. The molecular weight excluding hydrogens is 228 g/mol. The molecule has 0 spiro atoms. The summed E-state index contributed by atoms with van der Waals surface area (Å²) in [5.74, 6) is 0. The van der Waals surface area contributed by atoms with E-state index in [4.69, 9.17) is 4.74 Å². The zero-order valence-electron chi connectivity index (χ0n) is 9.44. The molecule has 1 N–H and O–H groups in total. The van der Waals surface area contributed by atoms with Crippen LogP contribution in [-0.2, 0) is 11.3 Å². The van der Waals surface area contributed by atoms with Gasteiger partial charge in [0, 0.05) is 6.20 Å². The quantitative estimate of drug-likeness (QED) is 0.823. The van der Waals surface area contributed by atoms with Crippen LogP contribution >= 0.6 is 11.3 Å². The number of amides is 1.